The fourth-order valence-corrected chi connectivity index (χ4v) is 2.16. The van der Waals surface area contributed by atoms with E-state index in [-0.39, 0.29) is 5.91 Å². The van der Waals surface area contributed by atoms with Crippen molar-refractivity contribution < 1.29 is 4.79 Å². The number of rotatable bonds is 3. The third-order valence-corrected chi connectivity index (χ3v) is 3.19. The standard InChI is InChI=1S/C12H20N4O/c1-15(2)12(17)11-7-14-16(9-11)8-10-3-5-13-6-4-10/h7,9-10,13H,3-6,8H2,1-2H3. The zero-order valence-corrected chi connectivity index (χ0v) is 10.5. The lowest BCUT2D eigenvalue weighted by molar-refractivity contribution is 0.0827. The lowest BCUT2D eigenvalue weighted by Crippen LogP contribution is -2.30. The van der Waals surface area contributed by atoms with E-state index < -0.39 is 0 Å². The highest BCUT2D eigenvalue weighted by Gasteiger charge is 2.15. The molecule has 1 aromatic heterocycles. The molecule has 2 heterocycles. The Morgan fingerprint density at radius 3 is 2.88 bits per heavy atom. The van der Waals surface area contributed by atoms with Gasteiger partial charge in [0.25, 0.3) is 5.91 Å². The first kappa shape index (κ1) is 12.1. The third kappa shape index (κ3) is 3.06. The number of carbonyl (C=O) groups excluding carboxylic acids is 1. The Morgan fingerprint density at radius 1 is 1.53 bits per heavy atom. The van der Waals surface area contributed by atoms with E-state index in [0.717, 1.165) is 19.6 Å². The summed E-state index contributed by atoms with van der Waals surface area (Å²) in [4.78, 5) is 13.3. The molecule has 0 spiro atoms. The predicted molar refractivity (Wildman–Crippen MR) is 65.8 cm³/mol. The monoisotopic (exact) mass is 236 g/mol. The molecule has 0 aromatic carbocycles. The highest BCUT2D eigenvalue weighted by atomic mass is 16.2. The number of nitrogens with zero attached hydrogens (tertiary/aromatic N) is 3. The Hall–Kier alpha value is -1.36. The van der Waals surface area contributed by atoms with Crippen LogP contribution in [0.5, 0.6) is 0 Å². The number of hydrogen-bond donors (Lipinski definition) is 1. The van der Waals surface area contributed by atoms with Crippen LogP contribution in [0.2, 0.25) is 0 Å². The van der Waals surface area contributed by atoms with Crippen LogP contribution >= 0.6 is 0 Å². The molecule has 2 rings (SSSR count). The molecule has 5 heteroatoms. The van der Waals surface area contributed by atoms with Crippen molar-refractivity contribution in [2.24, 2.45) is 5.92 Å². The first-order valence-electron chi connectivity index (χ1n) is 6.11. The van der Waals surface area contributed by atoms with E-state index in [1.165, 1.54) is 12.8 Å². The van der Waals surface area contributed by atoms with Crippen LogP contribution in [0.15, 0.2) is 12.4 Å². The molecule has 1 amide bonds. The van der Waals surface area contributed by atoms with E-state index in [4.69, 9.17) is 0 Å². The van der Waals surface area contributed by atoms with E-state index in [1.807, 2.05) is 10.9 Å². The summed E-state index contributed by atoms with van der Waals surface area (Å²) < 4.78 is 1.90. The minimum Gasteiger partial charge on any atom is -0.345 e. The maximum atomic E-state index is 11.7. The Balaban J connectivity index is 1.95. The van der Waals surface area contributed by atoms with Crippen LogP contribution in [-0.2, 0) is 6.54 Å². The molecule has 1 aliphatic heterocycles. The fraction of sp³-hybridized carbons (Fsp3) is 0.667. The van der Waals surface area contributed by atoms with Gasteiger partial charge in [-0.05, 0) is 31.8 Å². The van der Waals surface area contributed by atoms with Gasteiger partial charge < -0.3 is 10.2 Å². The van der Waals surface area contributed by atoms with Crippen LogP contribution in [0, 0.1) is 5.92 Å². The molecule has 17 heavy (non-hydrogen) atoms. The first-order valence-corrected chi connectivity index (χ1v) is 6.11. The van der Waals surface area contributed by atoms with E-state index in [2.05, 4.69) is 10.4 Å². The van der Waals surface area contributed by atoms with Gasteiger partial charge in [-0.2, -0.15) is 5.10 Å². The van der Waals surface area contributed by atoms with E-state index in [1.54, 1.807) is 25.2 Å². The second-order valence-electron chi connectivity index (χ2n) is 4.84. The van der Waals surface area contributed by atoms with Crippen LogP contribution in [-0.4, -0.2) is 47.8 Å². The van der Waals surface area contributed by atoms with E-state index >= 15 is 0 Å². The van der Waals surface area contributed by atoms with Gasteiger partial charge in [-0.25, -0.2) is 0 Å². The summed E-state index contributed by atoms with van der Waals surface area (Å²) in [6.07, 6.45) is 5.89. The lowest BCUT2D eigenvalue weighted by Gasteiger charge is -2.22. The molecule has 5 nitrogen and oxygen atoms in total. The number of piperidine rings is 1. The van der Waals surface area contributed by atoms with Gasteiger partial charge in [-0.15, -0.1) is 0 Å². The summed E-state index contributed by atoms with van der Waals surface area (Å²) in [7, 11) is 3.51. The van der Waals surface area contributed by atoms with Crippen molar-refractivity contribution in [2.75, 3.05) is 27.2 Å². The van der Waals surface area contributed by atoms with Gasteiger partial charge in [0.05, 0.1) is 11.8 Å². The van der Waals surface area contributed by atoms with Crippen LogP contribution in [0.3, 0.4) is 0 Å². The Labute approximate surface area is 102 Å². The van der Waals surface area contributed by atoms with Gasteiger partial charge in [0.2, 0.25) is 0 Å². The van der Waals surface area contributed by atoms with Crippen LogP contribution < -0.4 is 5.32 Å². The number of aromatic nitrogens is 2. The average Bonchev–Trinajstić information content (AvgIpc) is 2.77. The second kappa shape index (κ2) is 5.31. The highest BCUT2D eigenvalue weighted by Crippen LogP contribution is 2.14. The average molecular weight is 236 g/mol. The Morgan fingerprint density at radius 2 is 2.24 bits per heavy atom. The van der Waals surface area contributed by atoms with Gasteiger partial charge in [-0.1, -0.05) is 0 Å². The van der Waals surface area contributed by atoms with Crippen molar-refractivity contribution in [3.05, 3.63) is 18.0 Å². The Bertz CT molecular complexity index is 380. The largest absolute Gasteiger partial charge is 0.345 e. The second-order valence-corrected chi connectivity index (χ2v) is 4.84. The molecule has 0 radical (unpaired) electrons. The summed E-state index contributed by atoms with van der Waals surface area (Å²) in [5.41, 5.74) is 0.670. The molecule has 1 N–H and O–H groups in total. The molecule has 1 aromatic rings. The molecule has 0 unspecified atom stereocenters. The van der Waals surface area contributed by atoms with Crippen molar-refractivity contribution in [1.82, 2.24) is 20.0 Å². The summed E-state index contributed by atoms with van der Waals surface area (Å²) in [6, 6.07) is 0. The van der Waals surface area contributed by atoms with Crippen molar-refractivity contribution in [2.45, 2.75) is 19.4 Å². The van der Waals surface area contributed by atoms with Crippen molar-refractivity contribution in [3.63, 3.8) is 0 Å². The summed E-state index contributed by atoms with van der Waals surface area (Å²) in [5, 5.41) is 7.61. The first-order chi connectivity index (χ1) is 8.16. The SMILES string of the molecule is CN(C)C(=O)c1cnn(CC2CCNCC2)c1. The zero-order valence-electron chi connectivity index (χ0n) is 10.5. The molecule has 94 valence electrons. The molecular formula is C12H20N4O. The van der Waals surface area contributed by atoms with Crippen molar-refractivity contribution in [3.8, 4) is 0 Å². The smallest absolute Gasteiger partial charge is 0.256 e. The van der Waals surface area contributed by atoms with Crippen LogP contribution in [0.1, 0.15) is 23.2 Å². The quantitative estimate of drug-likeness (QED) is 0.835. The number of carbonyl (C=O) groups is 1. The minimum absolute atomic E-state index is 0.0153. The van der Waals surface area contributed by atoms with Gasteiger partial charge in [0, 0.05) is 26.8 Å². The zero-order chi connectivity index (χ0) is 12.3. The number of nitrogens with one attached hydrogen (secondary N) is 1. The van der Waals surface area contributed by atoms with E-state index in [0.29, 0.717) is 11.5 Å². The molecule has 1 fully saturated rings. The summed E-state index contributed by atoms with van der Waals surface area (Å²) >= 11 is 0. The van der Waals surface area contributed by atoms with Gasteiger partial charge in [-0.3, -0.25) is 9.48 Å². The van der Waals surface area contributed by atoms with Crippen molar-refractivity contribution >= 4 is 5.91 Å². The van der Waals surface area contributed by atoms with Crippen LogP contribution in [0.4, 0.5) is 0 Å². The molecule has 0 aliphatic carbocycles. The third-order valence-electron chi connectivity index (χ3n) is 3.19. The predicted octanol–water partition coefficient (Wildman–Crippen LogP) is 0.584. The fourth-order valence-electron chi connectivity index (χ4n) is 2.16. The molecule has 1 aliphatic rings. The highest BCUT2D eigenvalue weighted by molar-refractivity contribution is 5.93. The minimum atomic E-state index is 0.0153. The maximum Gasteiger partial charge on any atom is 0.256 e. The van der Waals surface area contributed by atoms with Gasteiger partial charge in [0.15, 0.2) is 0 Å². The maximum absolute atomic E-state index is 11.7. The van der Waals surface area contributed by atoms with Gasteiger partial charge >= 0.3 is 0 Å². The molecule has 0 saturated carbocycles. The molecular weight excluding hydrogens is 216 g/mol. The Kier molecular flexibility index (Phi) is 3.78. The summed E-state index contributed by atoms with van der Waals surface area (Å²) in [5.74, 6) is 0.694. The topological polar surface area (TPSA) is 50.2 Å². The lowest BCUT2D eigenvalue weighted by atomic mass is 9.98. The van der Waals surface area contributed by atoms with Gasteiger partial charge in [0.1, 0.15) is 0 Å². The molecule has 1 saturated heterocycles. The summed E-state index contributed by atoms with van der Waals surface area (Å²) in [6.45, 7) is 3.10. The molecule has 0 bridgehead atoms. The molecule has 0 atom stereocenters. The number of amides is 1. The van der Waals surface area contributed by atoms with Crippen molar-refractivity contribution in [1.29, 1.82) is 0 Å². The van der Waals surface area contributed by atoms with Crippen LogP contribution in [0.25, 0.3) is 0 Å². The van der Waals surface area contributed by atoms with E-state index in [9.17, 15) is 4.79 Å². The normalized spacial score (nSPS) is 17.1. The number of hydrogen-bond acceptors (Lipinski definition) is 3.